The molecule has 0 aliphatic carbocycles. The summed E-state index contributed by atoms with van der Waals surface area (Å²) in [5, 5.41) is 9.84. The average molecular weight is 308 g/mol. The van der Waals surface area contributed by atoms with E-state index in [1.54, 1.807) is 20.8 Å². The van der Waals surface area contributed by atoms with Gasteiger partial charge in [0.25, 0.3) is 0 Å². The van der Waals surface area contributed by atoms with Crippen molar-refractivity contribution in [2.45, 2.75) is 31.3 Å². The standard InChI is InChI=1S/C11H18ClN3O3S/c1-4-15(7-11(2,3)16)19(17,18)8-5-9(12)10(13)14-6-8/h5-6,16H,4,7H2,1-3H3,(H2,13,14). The molecule has 0 amide bonds. The average Bonchev–Trinajstić information content (AvgIpc) is 2.28. The molecule has 1 heterocycles. The Balaban J connectivity index is 3.17. The smallest absolute Gasteiger partial charge is 0.244 e. The minimum atomic E-state index is -3.75. The molecule has 0 fully saturated rings. The van der Waals surface area contributed by atoms with Crippen molar-refractivity contribution in [3.63, 3.8) is 0 Å². The molecule has 0 atom stereocenters. The number of likely N-dealkylation sites (N-methyl/N-ethyl adjacent to an activating group) is 1. The van der Waals surface area contributed by atoms with Crippen LogP contribution < -0.4 is 5.73 Å². The number of rotatable bonds is 5. The molecule has 0 radical (unpaired) electrons. The highest BCUT2D eigenvalue weighted by molar-refractivity contribution is 7.89. The molecule has 1 aromatic rings. The number of anilines is 1. The van der Waals surface area contributed by atoms with E-state index >= 15 is 0 Å². The Hall–Kier alpha value is -0.890. The second kappa shape index (κ2) is 5.62. The maximum absolute atomic E-state index is 12.4. The summed E-state index contributed by atoms with van der Waals surface area (Å²) in [6.07, 6.45) is 1.16. The SMILES string of the molecule is CCN(CC(C)(C)O)S(=O)(=O)c1cnc(N)c(Cl)c1. The van der Waals surface area contributed by atoms with Crippen LogP contribution in [0.25, 0.3) is 0 Å². The first-order chi connectivity index (χ1) is 8.58. The van der Waals surface area contributed by atoms with Crippen molar-refractivity contribution < 1.29 is 13.5 Å². The summed E-state index contributed by atoms with van der Waals surface area (Å²) in [4.78, 5) is 3.69. The van der Waals surface area contributed by atoms with Crippen LogP contribution in [0.4, 0.5) is 5.82 Å². The van der Waals surface area contributed by atoms with Crippen LogP contribution in [0.1, 0.15) is 20.8 Å². The Kier molecular flexibility index (Phi) is 4.78. The van der Waals surface area contributed by atoms with Gasteiger partial charge in [0.05, 0.1) is 10.6 Å². The van der Waals surface area contributed by atoms with Gasteiger partial charge in [-0.15, -0.1) is 0 Å². The zero-order chi connectivity index (χ0) is 14.8. The lowest BCUT2D eigenvalue weighted by Crippen LogP contribution is -2.42. The fraction of sp³-hybridized carbons (Fsp3) is 0.545. The van der Waals surface area contributed by atoms with Crippen LogP contribution >= 0.6 is 11.6 Å². The van der Waals surface area contributed by atoms with E-state index in [1.807, 2.05) is 0 Å². The molecular formula is C11H18ClN3O3S. The van der Waals surface area contributed by atoms with E-state index in [1.165, 1.54) is 6.07 Å². The highest BCUT2D eigenvalue weighted by atomic mass is 35.5. The van der Waals surface area contributed by atoms with E-state index < -0.39 is 15.6 Å². The van der Waals surface area contributed by atoms with Crippen LogP contribution in [0.2, 0.25) is 5.02 Å². The monoisotopic (exact) mass is 307 g/mol. The van der Waals surface area contributed by atoms with Crippen LogP contribution in [0.15, 0.2) is 17.2 Å². The topological polar surface area (TPSA) is 96.5 Å². The van der Waals surface area contributed by atoms with E-state index in [0.29, 0.717) is 0 Å². The first-order valence-corrected chi connectivity index (χ1v) is 7.53. The summed E-state index contributed by atoms with van der Waals surface area (Å²) in [7, 11) is -3.75. The minimum absolute atomic E-state index is 0.0200. The molecule has 0 bridgehead atoms. The zero-order valence-corrected chi connectivity index (χ0v) is 12.7. The van der Waals surface area contributed by atoms with Crippen molar-refractivity contribution in [3.8, 4) is 0 Å². The van der Waals surface area contributed by atoms with Crippen LogP contribution in [0.5, 0.6) is 0 Å². The van der Waals surface area contributed by atoms with E-state index in [-0.39, 0.29) is 28.8 Å². The molecule has 1 rings (SSSR count). The lowest BCUT2D eigenvalue weighted by molar-refractivity contribution is 0.0601. The maximum Gasteiger partial charge on any atom is 0.244 e. The first kappa shape index (κ1) is 16.2. The van der Waals surface area contributed by atoms with E-state index in [2.05, 4.69) is 4.98 Å². The number of nitrogen functional groups attached to an aromatic ring is 1. The summed E-state index contributed by atoms with van der Waals surface area (Å²) in [5.41, 5.74) is 4.32. The fourth-order valence-electron chi connectivity index (χ4n) is 1.52. The molecule has 0 spiro atoms. The summed E-state index contributed by atoms with van der Waals surface area (Å²) in [5.74, 6) is 0.0751. The second-order valence-corrected chi connectivity index (χ2v) is 7.13. The molecule has 0 saturated heterocycles. The van der Waals surface area contributed by atoms with E-state index in [9.17, 15) is 13.5 Å². The van der Waals surface area contributed by atoms with E-state index in [4.69, 9.17) is 17.3 Å². The molecule has 6 nitrogen and oxygen atoms in total. The minimum Gasteiger partial charge on any atom is -0.389 e. The number of hydrogen-bond acceptors (Lipinski definition) is 5. The fourth-order valence-corrected chi connectivity index (χ4v) is 3.33. The van der Waals surface area contributed by atoms with Crippen molar-refractivity contribution in [1.29, 1.82) is 0 Å². The lowest BCUT2D eigenvalue weighted by atomic mass is 10.1. The van der Waals surface area contributed by atoms with Crippen LogP contribution in [-0.4, -0.2) is 41.5 Å². The third kappa shape index (κ3) is 4.04. The van der Waals surface area contributed by atoms with Crippen molar-refractivity contribution in [2.75, 3.05) is 18.8 Å². The van der Waals surface area contributed by atoms with Gasteiger partial charge in [0.15, 0.2) is 0 Å². The summed E-state index contributed by atoms with van der Waals surface area (Å²) in [6, 6.07) is 1.26. The normalized spacial score (nSPS) is 12.9. The largest absolute Gasteiger partial charge is 0.389 e. The van der Waals surface area contributed by atoms with Gasteiger partial charge in [-0.3, -0.25) is 0 Å². The lowest BCUT2D eigenvalue weighted by Gasteiger charge is -2.27. The van der Waals surface area contributed by atoms with Crippen LogP contribution in [0.3, 0.4) is 0 Å². The number of nitrogens with zero attached hydrogens (tertiary/aromatic N) is 2. The predicted molar refractivity (Wildman–Crippen MR) is 74.4 cm³/mol. The quantitative estimate of drug-likeness (QED) is 0.849. The number of halogens is 1. The number of aliphatic hydroxyl groups is 1. The number of aromatic nitrogens is 1. The van der Waals surface area contributed by atoms with Gasteiger partial charge in [-0.05, 0) is 19.9 Å². The molecular weight excluding hydrogens is 290 g/mol. The predicted octanol–water partition coefficient (Wildman–Crippen LogP) is 1.10. The van der Waals surface area contributed by atoms with Gasteiger partial charge in [0.1, 0.15) is 10.7 Å². The van der Waals surface area contributed by atoms with Gasteiger partial charge in [0, 0.05) is 19.3 Å². The van der Waals surface area contributed by atoms with Crippen molar-refractivity contribution >= 4 is 27.4 Å². The molecule has 8 heteroatoms. The molecule has 0 aromatic carbocycles. The summed E-state index contributed by atoms with van der Waals surface area (Å²) >= 11 is 5.78. The van der Waals surface area contributed by atoms with E-state index in [0.717, 1.165) is 10.5 Å². The molecule has 0 aliphatic heterocycles. The molecule has 19 heavy (non-hydrogen) atoms. The Morgan fingerprint density at radius 1 is 1.53 bits per heavy atom. The van der Waals surface area contributed by atoms with Crippen molar-refractivity contribution in [2.24, 2.45) is 0 Å². The number of pyridine rings is 1. The number of nitrogens with two attached hydrogens (primary N) is 1. The molecule has 0 aliphatic rings. The summed E-state index contributed by atoms with van der Waals surface area (Å²) in [6.45, 7) is 4.98. The zero-order valence-electron chi connectivity index (χ0n) is 11.1. The maximum atomic E-state index is 12.4. The highest BCUT2D eigenvalue weighted by Crippen LogP contribution is 2.23. The third-order valence-electron chi connectivity index (χ3n) is 2.40. The molecule has 108 valence electrons. The van der Waals surface area contributed by atoms with Gasteiger partial charge < -0.3 is 10.8 Å². The van der Waals surface area contributed by atoms with Crippen LogP contribution in [0, 0.1) is 0 Å². The Morgan fingerprint density at radius 3 is 2.53 bits per heavy atom. The van der Waals surface area contributed by atoms with Crippen molar-refractivity contribution in [1.82, 2.24) is 9.29 Å². The van der Waals surface area contributed by atoms with Gasteiger partial charge in [0.2, 0.25) is 10.0 Å². The Labute approximate surface area is 118 Å². The third-order valence-corrected chi connectivity index (χ3v) is 4.59. The van der Waals surface area contributed by atoms with Gasteiger partial charge in [-0.2, -0.15) is 4.31 Å². The van der Waals surface area contributed by atoms with Gasteiger partial charge in [-0.25, -0.2) is 13.4 Å². The first-order valence-electron chi connectivity index (χ1n) is 5.71. The number of sulfonamides is 1. The molecule has 1 aromatic heterocycles. The number of hydrogen-bond donors (Lipinski definition) is 2. The summed E-state index contributed by atoms with van der Waals surface area (Å²) < 4.78 is 25.9. The second-order valence-electron chi connectivity index (χ2n) is 4.78. The molecule has 0 unspecified atom stereocenters. The highest BCUT2D eigenvalue weighted by Gasteiger charge is 2.29. The van der Waals surface area contributed by atoms with Gasteiger partial charge in [-0.1, -0.05) is 18.5 Å². The van der Waals surface area contributed by atoms with Gasteiger partial charge >= 0.3 is 0 Å². The Morgan fingerprint density at radius 2 is 2.11 bits per heavy atom. The molecule has 0 saturated carbocycles. The van der Waals surface area contributed by atoms with Crippen LogP contribution in [-0.2, 0) is 10.0 Å². The molecule has 3 N–H and O–H groups in total. The van der Waals surface area contributed by atoms with Crippen molar-refractivity contribution in [3.05, 3.63) is 17.3 Å². The Bertz CT molecular complexity index is 555.